The number of likely N-dealkylation sites (tertiary alicyclic amines) is 1. The third kappa shape index (κ3) is 2.99. The molecular weight excluding hydrogens is 303 g/mol. The molecule has 108 valence electrons. The van der Waals surface area contributed by atoms with Crippen molar-refractivity contribution in [2.24, 2.45) is 5.92 Å². The molecule has 1 fully saturated rings. The van der Waals surface area contributed by atoms with Gasteiger partial charge in [0.1, 0.15) is 0 Å². The van der Waals surface area contributed by atoms with Gasteiger partial charge in [-0.1, -0.05) is 23.2 Å². The van der Waals surface area contributed by atoms with Crippen molar-refractivity contribution in [2.75, 3.05) is 18.8 Å². The number of hydrogen-bond acceptors (Lipinski definition) is 3. The van der Waals surface area contributed by atoms with E-state index < -0.39 is 11.9 Å². The molecule has 0 spiro atoms. The number of anilines is 1. The van der Waals surface area contributed by atoms with Gasteiger partial charge in [-0.15, -0.1) is 0 Å². The molecule has 1 aromatic carbocycles. The lowest BCUT2D eigenvalue weighted by Gasteiger charge is -2.30. The molecule has 1 aliphatic heterocycles. The highest BCUT2D eigenvalue weighted by Gasteiger charge is 2.29. The van der Waals surface area contributed by atoms with Crippen molar-refractivity contribution >= 4 is 40.8 Å². The summed E-state index contributed by atoms with van der Waals surface area (Å²) in [5, 5.41) is 9.47. The first-order valence-electron chi connectivity index (χ1n) is 6.16. The van der Waals surface area contributed by atoms with Gasteiger partial charge in [0.05, 0.1) is 21.7 Å². The van der Waals surface area contributed by atoms with E-state index >= 15 is 0 Å². The van der Waals surface area contributed by atoms with Crippen LogP contribution in [0, 0.1) is 5.92 Å². The van der Waals surface area contributed by atoms with E-state index in [4.69, 9.17) is 34.0 Å². The van der Waals surface area contributed by atoms with E-state index in [1.54, 1.807) is 0 Å². The fourth-order valence-electron chi connectivity index (χ4n) is 2.25. The first kappa shape index (κ1) is 14.9. The SMILES string of the molecule is Nc1c(Cl)cc(C(=O)N2CCC[C@@H](C(=O)O)C2)cc1Cl. The second-order valence-electron chi connectivity index (χ2n) is 4.78. The molecule has 1 atom stereocenters. The molecule has 2 rings (SSSR count). The van der Waals surface area contributed by atoms with Crippen molar-refractivity contribution in [1.82, 2.24) is 4.90 Å². The van der Waals surface area contributed by atoms with Crippen molar-refractivity contribution < 1.29 is 14.7 Å². The molecule has 0 saturated carbocycles. The molecule has 1 saturated heterocycles. The summed E-state index contributed by atoms with van der Waals surface area (Å²) in [7, 11) is 0. The molecule has 3 N–H and O–H groups in total. The van der Waals surface area contributed by atoms with Crippen LogP contribution in [0.2, 0.25) is 10.0 Å². The molecule has 0 aliphatic carbocycles. The fraction of sp³-hybridized carbons (Fsp3) is 0.385. The molecule has 1 aliphatic rings. The van der Waals surface area contributed by atoms with Crippen LogP contribution in [0.1, 0.15) is 23.2 Å². The van der Waals surface area contributed by atoms with Gasteiger partial charge in [-0.3, -0.25) is 9.59 Å². The molecule has 0 radical (unpaired) electrons. The Bertz CT molecular complexity index is 540. The Hall–Kier alpha value is -1.46. The van der Waals surface area contributed by atoms with Crippen molar-refractivity contribution in [2.45, 2.75) is 12.8 Å². The molecule has 0 aromatic heterocycles. The Morgan fingerprint density at radius 1 is 1.30 bits per heavy atom. The van der Waals surface area contributed by atoms with Crippen molar-refractivity contribution in [3.05, 3.63) is 27.7 Å². The first-order valence-corrected chi connectivity index (χ1v) is 6.92. The van der Waals surface area contributed by atoms with Crippen LogP contribution in [0.3, 0.4) is 0 Å². The van der Waals surface area contributed by atoms with E-state index in [1.807, 2.05) is 0 Å². The fourth-order valence-corrected chi connectivity index (χ4v) is 2.74. The van der Waals surface area contributed by atoms with E-state index in [2.05, 4.69) is 0 Å². The second kappa shape index (κ2) is 5.89. The largest absolute Gasteiger partial charge is 0.481 e. The molecule has 1 heterocycles. The van der Waals surface area contributed by atoms with Crippen LogP contribution >= 0.6 is 23.2 Å². The van der Waals surface area contributed by atoms with Gasteiger partial charge in [-0.25, -0.2) is 0 Å². The van der Waals surface area contributed by atoms with Crippen LogP contribution in [0.5, 0.6) is 0 Å². The number of carbonyl (C=O) groups excluding carboxylic acids is 1. The Labute approximate surface area is 126 Å². The maximum atomic E-state index is 12.4. The number of aliphatic carboxylic acids is 1. The summed E-state index contributed by atoms with van der Waals surface area (Å²) < 4.78 is 0. The molecule has 0 bridgehead atoms. The Morgan fingerprint density at radius 3 is 2.45 bits per heavy atom. The Kier molecular flexibility index (Phi) is 4.40. The summed E-state index contributed by atoms with van der Waals surface area (Å²) in [6, 6.07) is 2.91. The first-order chi connectivity index (χ1) is 9.40. The van der Waals surface area contributed by atoms with Gasteiger partial charge < -0.3 is 15.7 Å². The number of halogens is 2. The van der Waals surface area contributed by atoms with Crippen molar-refractivity contribution in [3.8, 4) is 0 Å². The standard InChI is InChI=1S/C13H14Cl2N2O3/c14-9-4-8(5-10(15)11(9)16)12(18)17-3-1-2-7(6-17)13(19)20/h4-5,7H,1-3,6,16H2,(H,19,20)/t7-/m1/s1. The lowest BCUT2D eigenvalue weighted by Crippen LogP contribution is -2.42. The maximum absolute atomic E-state index is 12.4. The molecule has 0 unspecified atom stereocenters. The van der Waals surface area contributed by atoms with Crippen LogP contribution in [0.25, 0.3) is 0 Å². The number of hydrogen-bond donors (Lipinski definition) is 2. The summed E-state index contributed by atoms with van der Waals surface area (Å²) in [5.74, 6) is -1.68. The van der Waals surface area contributed by atoms with Gasteiger partial charge in [-0.05, 0) is 25.0 Å². The van der Waals surface area contributed by atoms with E-state index in [0.29, 0.717) is 24.9 Å². The summed E-state index contributed by atoms with van der Waals surface area (Å²) in [5.41, 5.74) is 6.17. The molecule has 1 amide bonds. The van der Waals surface area contributed by atoms with Gasteiger partial charge in [-0.2, -0.15) is 0 Å². The average molecular weight is 317 g/mol. The van der Waals surface area contributed by atoms with Crippen molar-refractivity contribution in [1.29, 1.82) is 0 Å². The maximum Gasteiger partial charge on any atom is 0.308 e. The Balaban J connectivity index is 2.21. The third-order valence-corrected chi connectivity index (χ3v) is 4.01. The minimum absolute atomic E-state index is 0.202. The topological polar surface area (TPSA) is 83.6 Å². The third-order valence-electron chi connectivity index (χ3n) is 3.38. The van der Waals surface area contributed by atoms with Crippen LogP contribution in [-0.2, 0) is 4.79 Å². The normalized spacial score (nSPS) is 18.9. The zero-order valence-corrected chi connectivity index (χ0v) is 12.1. The van der Waals surface area contributed by atoms with Crippen LogP contribution < -0.4 is 5.73 Å². The molecule has 20 heavy (non-hydrogen) atoms. The van der Waals surface area contributed by atoms with Crippen molar-refractivity contribution in [3.63, 3.8) is 0 Å². The number of carboxylic acid groups (broad SMARTS) is 1. The number of piperidine rings is 1. The predicted molar refractivity (Wildman–Crippen MR) is 77.1 cm³/mol. The summed E-state index contributed by atoms with van der Waals surface area (Å²) in [6.07, 6.45) is 1.25. The van der Waals surface area contributed by atoms with E-state index in [0.717, 1.165) is 0 Å². The number of nitrogen functional groups attached to an aromatic ring is 1. The van der Waals surface area contributed by atoms with Gasteiger partial charge >= 0.3 is 5.97 Å². The molecule has 5 nitrogen and oxygen atoms in total. The average Bonchev–Trinajstić information content (AvgIpc) is 2.43. The Morgan fingerprint density at radius 2 is 1.90 bits per heavy atom. The summed E-state index contributed by atoms with van der Waals surface area (Å²) in [4.78, 5) is 24.9. The minimum atomic E-state index is -0.879. The molecule has 1 aromatic rings. The van der Waals surface area contributed by atoms with E-state index in [9.17, 15) is 9.59 Å². The van der Waals surface area contributed by atoms with E-state index in [1.165, 1.54) is 17.0 Å². The zero-order chi connectivity index (χ0) is 14.9. The highest BCUT2D eigenvalue weighted by Crippen LogP contribution is 2.30. The number of carboxylic acids is 1. The second-order valence-corrected chi connectivity index (χ2v) is 5.60. The van der Waals surface area contributed by atoms with Gasteiger partial charge in [0.15, 0.2) is 0 Å². The highest BCUT2D eigenvalue weighted by molar-refractivity contribution is 6.39. The molecular formula is C13H14Cl2N2O3. The monoisotopic (exact) mass is 316 g/mol. The predicted octanol–water partition coefficient (Wildman–Crippen LogP) is 2.51. The minimum Gasteiger partial charge on any atom is -0.481 e. The number of carbonyl (C=O) groups is 2. The van der Waals surface area contributed by atoms with Crippen LogP contribution in [-0.4, -0.2) is 35.0 Å². The zero-order valence-electron chi connectivity index (χ0n) is 10.6. The molecule has 7 heteroatoms. The van der Waals surface area contributed by atoms with E-state index in [-0.39, 0.29) is 28.2 Å². The summed E-state index contributed by atoms with van der Waals surface area (Å²) >= 11 is 11.8. The summed E-state index contributed by atoms with van der Waals surface area (Å²) in [6.45, 7) is 0.732. The smallest absolute Gasteiger partial charge is 0.308 e. The van der Waals surface area contributed by atoms with Crippen LogP contribution in [0.4, 0.5) is 5.69 Å². The highest BCUT2D eigenvalue weighted by atomic mass is 35.5. The number of rotatable bonds is 2. The van der Waals surface area contributed by atoms with Crippen LogP contribution in [0.15, 0.2) is 12.1 Å². The van der Waals surface area contributed by atoms with Gasteiger partial charge in [0.25, 0.3) is 5.91 Å². The number of benzene rings is 1. The van der Waals surface area contributed by atoms with Gasteiger partial charge in [0, 0.05) is 18.7 Å². The van der Waals surface area contributed by atoms with Gasteiger partial charge in [0.2, 0.25) is 0 Å². The number of amides is 1. The lowest BCUT2D eigenvalue weighted by atomic mass is 9.97. The lowest BCUT2D eigenvalue weighted by molar-refractivity contribution is -0.143. The quantitative estimate of drug-likeness (QED) is 0.821. The number of nitrogens with two attached hydrogens (primary N) is 1. The number of nitrogens with zero attached hydrogens (tertiary/aromatic N) is 1.